The molecule has 0 aliphatic carbocycles. The molecule has 0 bridgehead atoms. The highest BCUT2D eigenvalue weighted by Crippen LogP contribution is 2.25. The van der Waals surface area contributed by atoms with E-state index in [0.29, 0.717) is 11.8 Å². The Hall–Kier alpha value is -1.77. The zero-order valence-electron chi connectivity index (χ0n) is 6.27. The van der Waals surface area contributed by atoms with Gasteiger partial charge in [0.1, 0.15) is 6.29 Å². The van der Waals surface area contributed by atoms with Crippen LogP contribution in [0, 0.1) is 0 Å². The van der Waals surface area contributed by atoms with E-state index in [1.54, 1.807) is 6.07 Å². The summed E-state index contributed by atoms with van der Waals surface area (Å²) in [5, 5.41) is 18.0. The third kappa shape index (κ3) is 1.85. The predicted molar refractivity (Wildman–Crippen MR) is 44.9 cm³/mol. The Kier molecular flexibility index (Phi) is 2.48. The van der Waals surface area contributed by atoms with E-state index in [1.807, 2.05) is 0 Å². The molecule has 0 saturated carbocycles. The van der Waals surface area contributed by atoms with Crippen molar-refractivity contribution in [2.24, 2.45) is 0 Å². The SMILES string of the molecule is O=CC=Cc1ccc(O)c(O)c1. The second kappa shape index (κ2) is 3.57. The van der Waals surface area contributed by atoms with Gasteiger partial charge in [-0.2, -0.15) is 0 Å². The van der Waals surface area contributed by atoms with Gasteiger partial charge in [0.05, 0.1) is 0 Å². The number of hydrogen-bond donors (Lipinski definition) is 2. The third-order valence-corrected chi connectivity index (χ3v) is 1.37. The van der Waals surface area contributed by atoms with Gasteiger partial charge in [-0.3, -0.25) is 4.79 Å². The largest absolute Gasteiger partial charge is 0.504 e. The fourth-order valence-electron chi connectivity index (χ4n) is 0.795. The molecule has 1 aromatic carbocycles. The van der Waals surface area contributed by atoms with Crippen LogP contribution in [0.25, 0.3) is 6.08 Å². The molecule has 0 radical (unpaired) electrons. The summed E-state index contributed by atoms with van der Waals surface area (Å²) in [7, 11) is 0. The average molecular weight is 164 g/mol. The summed E-state index contributed by atoms with van der Waals surface area (Å²) in [4.78, 5) is 9.93. The average Bonchev–Trinajstić information content (AvgIpc) is 2.07. The molecule has 62 valence electrons. The zero-order chi connectivity index (χ0) is 8.97. The van der Waals surface area contributed by atoms with Crippen molar-refractivity contribution in [2.45, 2.75) is 0 Å². The number of allylic oxidation sites excluding steroid dienone is 1. The van der Waals surface area contributed by atoms with Crippen molar-refractivity contribution in [3.8, 4) is 11.5 Å². The van der Waals surface area contributed by atoms with Gasteiger partial charge in [0, 0.05) is 0 Å². The summed E-state index contributed by atoms with van der Waals surface area (Å²) >= 11 is 0. The van der Waals surface area contributed by atoms with Crippen molar-refractivity contribution in [3.05, 3.63) is 29.8 Å². The Morgan fingerprint density at radius 3 is 2.50 bits per heavy atom. The molecule has 0 amide bonds. The fourth-order valence-corrected chi connectivity index (χ4v) is 0.795. The van der Waals surface area contributed by atoms with E-state index in [9.17, 15) is 4.79 Å². The zero-order valence-corrected chi connectivity index (χ0v) is 6.27. The molecule has 0 aliphatic rings. The smallest absolute Gasteiger partial charge is 0.157 e. The number of aromatic hydroxyl groups is 2. The van der Waals surface area contributed by atoms with E-state index < -0.39 is 0 Å². The van der Waals surface area contributed by atoms with Gasteiger partial charge < -0.3 is 10.2 Å². The second-order valence-corrected chi connectivity index (χ2v) is 2.24. The Morgan fingerprint density at radius 2 is 1.92 bits per heavy atom. The van der Waals surface area contributed by atoms with Crippen molar-refractivity contribution in [1.29, 1.82) is 0 Å². The maximum absolute atomic E-state index is 9.93. The van der Waals surface area contributed by atoms with Crippen LogP contribution in [-0.4, -0.2) is 16.5 Å². The maximum Gasteiger partial charge on any atom is 0.157 e. The maximum atomic E-state index is 9.93. The number of phenolic OH excluding ortho intramolecular Hbond substituents is 2. The topological polar surface area (TPSA) is 57.5 Å². The van der Waals surface area contributed by atoms with Gasteiger partial charge in [-0.15, -0.1) is 0 Å². The van der Waals surface area contributed by atoms with Crippen LogP contribution in [0.1, 0.15) is 5.56 Å². The number of phenols is 2. The molecule has 0 spiro atoms. The van der Waals surface area contributed by atoms with Crippen molar-refractivity contribution in [1.82, 2.24) is 0 Å². The first-order chi connectivity index (χ1) is 5.74. The normalized spacial score (nSPS) is 10.3. The van der Waals surface area contributed by atoms with Crippen molar-refractivity contribution in [3.63, 3.8) is 0 Å². The number of aldehydes is 1. The molecule has 0 aliphatic heterocycles. The van der Waals surface area contributed by atoms with Gasteiger partial charge in [0.2, 0.25) is 0 Å². The Labute approximate surface area is 69.6 Å². The number of benzene rings is 1. The highest BCUT2D eigenvalue weighted by atomic mass is 16.3. The molecule has 12 heavy (non-hydrogen) atoms. The number of hydrogen-bond acceptors (Lipinski definition) is 3. The minimum Gasteiger partial charge on any atom is -0.504 e. The van der Waals surface area contributed by atoms with E-state index in [1.165, 1.54) is 24.3 Å². The first-order valence-corrected chi connectivity index (χ1v) is 3.38. The van der Waals surface area contributed by atoms with E-state index in [4.69, 9.17) is 10.2 Å². The number of rotatable bonds is 2. The third-order valence-electron chi connectivity index (χ3n) is 1.37. The summed E-state index contributed by atoms with van der Waals surface area (Å²) in [6.07, 6.45) is 3.49. The molecule has 0 fully saturated rings. The summed E-state index contributed by atoms with van der Waals surface area (Å²) in [5.74, 6) is -0.360. The van der Waals surface area contributed by atoms with Crippen LogP contribution in [0.4, 0.5) is 0 Å². The van der Waals surface area contributed by atoms with Gasteiger partial charge in [0.25, 0.3) is 0 Å². The Balaban J connectivity index is 2.96. The van der Waals surface area contributed by atoms with E-state index >= 15 is 0 Å². The molecule has 0 unspecified atom stereocenters. The van der Waals surface area contributed by atoms with Crippen molar-refractivity contribution >= 4 is 12.4 Å². The number of carbonyl (C=O) groups excluding carboxylic acids is 1. The van der Waals surface area contributed by atoms with E-state index in [-0.39, 0.29) is 11.5 Å². The highest BCUT2D eigenvalue weighted by Gasteiger charge is 1.96. The van der Waals surface area contributed by atoms with Gasteiger partial charge in [-0.25, -0.2) is 0 Å². The lowest BCUT2D eigenvalue weighted by Crippen LogP contribution is -1.73. The molecule has 0 aromatic heterocycles. The molecule has 0 saturated heterocycles. The quantitative estimate of drug-likeness (QED) is 0.393. The highest BCUT2D eigenvalue weighted by molar-refractivity contribution is 5.74. The van der Waals surface area contributed by atoms with Crippen LogP contribution < -0.4 is 0 Å². The van der Waals surface area contributed by atoms with Gasteiger partial charge in [-0.05, 0) is 23.8 Å². The minimum absolute atomic E-state index is 0.168. The Bertz CT molecular complexity index is 316. The first kappa shape index (κ1) is 8.33. The molecule has 3 heteroatoms. The Morgan fingerprint density at radius 1 is 1.17 bits per heavy atom. The van der Waals surface area contributed by atoms with Crippen LogP contribution in [-0.2, 0) is 4.79 Å². The van der Waals surface area contributed by atoms with Crippen molar-refractivity contribution in [2.75, 3.05) is 0 Å². The van der Waals surface area contributed by atoms with Crippen LogP contribution in [0.15, 0.2) is 24.3 Å². The summed E-state index contributed by atoms with van der Waals surface area (Å²) in [5.41, 5.74) is 0.664. The lowest BCUT2D eigenvalue weighted by Gasteiger charge is -1.97. The summed E-state index contributed by atoms with van der Waals surface area (Å²) in [6.45, 7) is 0. The molecule has 0 heterocycles. The van der Waals surface area contributed by atoms with Crippen molar-refractivity contribution < 1.29 is 15.0 Å². The van der Waals surface area contributed by atoms with E-state index in [0.717, 1.165) is 0 Å². The lowest BCUT2D eigenvalue weighted by atomic mass is 10.2. The van der Waals surface area contributed by atoms with Crippen LogP contribution in [0.5, 0.6) is 11.5 Å². The summed E-state index contributed by atoms with van der Waals surface area (Å²) in [6, 6.07) is 4.32. The molecular weight excluding hydrogens is 156 g/mol. The molecule has 0 atom stereocenters. The standard InChI is InChI=1S/C9H8O3/c10-5-1-2-7-3-4-8(11)9(12)6-7/h1-6,11-12H. The van der Waals surface area contributed by atoms with Crippen LogP contribution >= 0.6 is 0 Å². The molecule has 2 N–H and O–H groups in total. The van der Waals surface area contributed by atoms with Gasteiger partial charge in [0.15, 0.2) is 11.5 Å². The minimum atomic E-state index is -0.192. The predicted octanol–water partition coefficient (Wildman–Crippen LogP) is 1.31. The molecule has 1 rings (SSSR count). The monoisotopic (exact) mass is 164 g/mol. The first-order valence-electron chi connectivity index (χ1n) is 3.38. The summed E-state index contributed by atoms with van der Waals surface area (Å²) < 4.78 is 0. The molecule has 1 aromatic rings. The number of carbonyl (C=O) groups is 1. The van der Waals surface area contributed by atoms with Gasteiger partial charge >= 0.3 is 0 Å². The van der Waals surface area contributed by atoms with Gasteiger partial charge in [-0.1, -0.05) is 12.1 Å². The lowest BCUT2D eigenvalue weighted by molar-refractivity contribution is -0.104. The second-order valence-electron chi connectivity index (χ2n) is 2.24. The van der Waals surface area contributed by atoms with E-state index in [2.05, 4.69) is 0 Å². The molecular formula is C9H8O3. The molecule has 3 nitrogen and oxygen atoms in total. The fraction of sp³-hybridized carbons (Fsp3) is 0. The van der Waals surface area contributed by atoms with Crippen LogP contribution in [0.3, 0.4) is 0 Å². The van der Waals surface area contributed by atoms with Crippen LogP contribution in [0.2, 0.25) is 0 Å².